The van der Waals surface area contributed by atoms with E-state index in [0.29, 0.717) is 5.56 Å². The molecule has 0 saturated carbocycles. The minimum atomic E-state index is -0.526. The SMILES string of the molecule is O=C(NCC=Cc1ccc(O)cc1F)OCC1c2ccccc2-c2ccccc21. The first kappa shape index (κ1) is 18.7. The molecule has 3 aromatic carbocycles. The number of benzene rings is 3. The number of phenolic OH excluding ortho intramolecular Hbond substituents is 1. The van der Waals surface area contributed by atoms with Crippen molar-refractivity contribution in [2.45, 2.75) is 5.92 Å². The number of rotatable bonds is 5. The molecule has 0 atom stereocenters. The lowest BCUT2D eigenvalue weighted by atomic mass is 9.98. The number of alkyl carbamates (subject to hydrolysis) is 1. The molecule has 0 heterocycles. The van der Waals surface area contributed by atoms with E-state index < -0.39 is 11.9 Å². The molecule has 0 aliphatic heterocycles. The second-order valence-corrected chi connectivity index (χ2v) is 6.81. The van der Waals surface area contributed by atoms with E-state index in [1.165, 1.54) is 23.3 Å². The predicted octanol–water partition coefficient (Wildman–Crippen LogP) is 5.08. The molecule has 0 saturated heterocycles. The number of carbonyl (C=O) groups excluding carboxylic acids is 1. The maximum absolute atomic E-state index is 13.6. The van der Waals surface area contributed by atoms with Crippen LogP contribution >= 0.6 is 0 Å². The van der Waals surface area contributed by atoms with Crippen molar-refractivity contribution in [1.29, 1.82) is 0 Å². The Morgan fingerprint density at radius 2 is 1.69 bits per heavy atom. The highest BCUT2D eigenvalue weighted by molar-refractivity contribution is 5.79. The van der Waals surface area contributed by atoms with Crippen LogP contribution in [0.5, 0.6) is 5.75 Å². The molecule has 2 N–H and O–H groups in total. The molecule has 0 radical (unpaired) electrons. The van der Waals surface area contributed by atoms with Crippen molar-refractivity contribution in [3.8, 4) is 16.9 Å². The van der Waals surface area contributed by atoms with Crippen LogP contribution in [-0.4, -0.2) is 24.4 Å². The quantitative estimate of drug-likeness (QED) is 0.640. The van der Waals surface area contributed by atoms with Gasteiger partial charge in [0.05, 0.1) is 0 Å². The first-order valence-electron chi connectivity index (χ1n) is 9.37. The second kappa shape index (κ2) is 8.19. The third-order valence-electron chi connectivity index (χ3n) is 4.99. The molecule has 1 aliphatic carbocycles. The number of phenols is 1. The summed E-state index contributed by atoms with van der Waals surface area (Å²) in [5, 5.41) is 11.9. The van der Waals surface area contributed by atoms with Crippen LogP contribution in [0.25, 0.3) is 17.2 Å². The largest absolute Gasteiger partial charge is 0.508 e. The van der Waals surface area contributed by atoms with Crippen LogP contribution in [0.1, 0.15) is 22.6 Å². The summed E-state index contributed by atoms with van der Waals surface area (Å²) in [6, 6.07) is 20.2. The summed E-state index contributed by atoms with van der Waals surface area (Å²) in [6.07, 6.45) is 2.64. The molecule has 1 aliphatic rings. The molecule has 4 nitrogen and oxygen atoms in total. The average molecular weight is 389 g/mol. The predicted molar refractivity (Wildman–Crippen MR) is 110 cm³/mol. The van der Waals surface area contributed by atoms with Gasteiger partial charge in [0, 0.05) is 24.1 Å². The lowest BCUT2D eigenvalue weighted by molar-refractivity contribution is 0.144. The minimum absolute atomic E-state index is 0.00906. The third-order valence-corrected chi connectivity index (χ3v) is 4.99. The summed E-state index contributed by atoms with van der Waals surface area (Å²) in [5.74, 6) is -0.645. The summed E-state index contributed by atoms with van der Waals surface area (Å²) in [6.45, 7) is 0.452. The summed E-state index contributed by atoms with van der Waals surface area (Å²) in [7, 11) is 0. The fourth-order valence-electron chi connectivity index (χ4n) is 3.63. The standard InChI is InChI=1S/C24H20FNO3/c25-23-14-17(27)12-11-16(23)6-5-13-26-24(28)29-15-22-20-9-3-1-7-18(20)19-8-2-4-10-21(19)22/h1-12,14,22,27H,13,15H2,(H,26,28). The molecule has 29 heavy (non-hydrogen) atoms. The monoisotopic (exact) mass is 389 g/mol. The number of hydrogen-bond acceptors (Lipinski definition) is 3. The fraction of sp³-hybridized carbons (Fsp3) is 0.125. The van der Waals surface area contributed by atoms with Gasteiger partial charge in [-0.15, -0.1) is 0 Å². The Labute approximate surface area is 168 Å². The number of fused-ring (bicyclic) bond motifs is 3. The van der Waals surface area contributed by atoms with E-state index in [-0.39, 0.29) is 24.8 Å². The zero-order valence-electron chi connectivity index (χ0n) is 15.6. The van der Waals surface area contributed by atoms with Crippen LogP contribution < -0.4 is 5.32 Å². The number of hydrogen-bond donors (Lipinski definition) is 2. The van der Waals surface area contributed by atoms with E-state index in [1.807, 2.05) is 24.3 Å². The lowest BCUT2D eigenvalue weighted by Gasteiger charge is -2.14. The van der Waals surface area contributed by atoms with Gasteiger partial charge in [-0.3, -0.25) is 0 Å². The molecule has 0 spiro atoms. The van der Waals surface area contributed by atoms with E-state index in [9.17, 15) is 14.3 Å². The maximum Gasteiger partial charge on any atom is 0.407 e. The highest BCUT2D eigenvalue weighted by Gasteiger charge is 2.28. The number of halogens is 1. The van der Waals surface area contributed by atoms with Gasteiger partial charge in [0.2, 0.25) is 0 Å². The Balaban J connectivity index is 1.34. The first-order chi connectivity index (χ1) is 14.1. The number of ether oxygens (including phenoxy) is 1. The average Bonchev–Trinajstić information content (AvgIpc) is 3.05. The van der Waals surface area contributed by atoms with Gasteiger partial charge in [-0.25, -0.2) is 9.18 Å². The second-order valence-electron chi connectivity index (χ2n) is 6.81. The van der Waals surface area contributed by atoms with Crippen LogP contribution in [0.15, 0.2) is 72.8 Å². The minimum Gasteiger partial charge on any atom is -0.508 e. The Kier molecular flexibility index (Phi) is 5.29. The van der Waals surface area contributed by atoms with Crippen molar-refractivity contribution in [3.05, 3.63) is 95.3 Å². The Hall–Kier alpha value is -3.60. The zero-order chi connectivity index (χ0) is 20.2. The van der Waals surface area contributed by atoms with E-state index >= 15 is 0 Å². The topological polar surface area (TPSA) is 58.6 Å². The van der Waals surface area contributed by atoms with Crippen molar-refractivity contribution in [2.75, 3.05) is 13.2 Å². The molecule has 0 unspecified atom stereocenters. The maximum atomic E-state index is 13.6. The van der Waals surface area contributed by atoms with Crippen LogP contribution in [0, 0.1) is 5.82 Å². The Morgan fingerprint density at radius 1 is 1.03 bits per heavy atom. The van der Waals surface area contributed by atoms with Crippen LogP contribution in [-0.2, 0) is 4.74 Å². The molecule has 4 rings (SSSR count). The molecule has 3 aromatic rings. The highest BCUT2D eigenvalue weighted by Crippen LogP contribution is 2.44. The van der Waals surface area contributed by atoms with Gasteiger partial charge in [0.25, 0.3) is 0 Å². The number of amides is 1. The van der Waals surface area contributed by atoms with E-state index in [2.05, 4.69) is 29.6 Å². The molecular formula is C24H20FNO3. The van der Waals surface area contributed by atoms with Crippen molar-refractivity contribution in [2.24, 2.45) is 0 Å². The van der Waals surface area contributed by atoms with Crippen LogP contribution in [0.3, 0.4) is 0 Å². The van der Waals surface area contributed by atoms with E-state index in [1.54, 1.807) is 12.2 Å². The van der Waals surface area contributed by atoms with Crippen LogP contribution in [0.2, 0.25) is 0 Å². The Bertz CT molecular complexity index is 1030. The summed E-state index contributed by atoms with van der Waals surface area (Å²) in [5.41, 5.74) is 5.00. The fourth-order valence-corrected chi connectivity index (χ4v) is 3.63. The van der Waals surface area contributed by atoms with Gasteiger partial charge in [-0.2, -0.15) is 0 Å². The van der Waals surface area contributed by atoms with Gasteiger partial charge >= 0.3 is 6.09 Å². The number of aromatic hydroxyl groups is 1. The summed E-state index contributed by atoms with van der Waals surface area (Å²) in [4.78, 5) is 12.1. The molecule has 0 bridgehead atoms. The van der Waals surface area contributed by atoms with E-state index in [0.717, 1.165) is 17.2 Å². The number of carbonyl (C=O) groups is 1. The van der Waals surface area contributed by atoms with Crippen molar-refractivity contribution >= 4 is 12.2 Å². The highest BCUT2D eigenvalue weighted by atomic mass is 19.1. The van der Waals surface area contributed by atoms with Crippen molar-refractivity contribution in [3.63, 3.8) is 0 Å². The summed E-state index contributed by atoms with van der Waals surface area (Å²) < 4.78 is 19.1. The van der Waals surface area contributed by atoms with Gasteiger partial charge in [-0.1, -0.05) is 60.7 Å². The zero-order valence-corrected chi connectivity index (χ0v) is 15.6. The van der Waals surface area contributed by atoms with Crippen molar-refractivity contribution in [1.82, 2.24) is 5.32 Å². The molecule has 0 fully saturated rings. The van der Waals surface area contributed by atoms with Crippen LogP contribution in [0.4, 0.5) is 9.18 Å². The lowest BCUT2D eigenvalue weighted by Crippen LogP contribution is -2.26. The normalized spacial score (nSPS) is 12.6. The van der Waals surface area contributed by atoms with Gasteiger partial charge < -0.3 is 15.2 Å². The van der Waals surface area contributed by atoms with E-state index in [4.69, 9.17) is 4.74 Å². The third kappa shape index (κ3) is 3.99. The summed E-state index contributed by atoms with van der Waals surface area (Å²) >= 11 is 0. The molecular weight excluding hydrogens is 369 g/mol. The number of nitrogens with one attached hydrogen (secondary N) is 1. The smallest absolute Gasteiger partial charge is 0.407 e. The van der Waals surface area contributed by atoms with Gasteiger partial charge in [0.15, 0.2) is 0 Å². The molecule has 5 heteroatoms. The van der Waals surface area contributed by atoms with Gasteiger partial charge in [-0.05, 0) is 34.4 Å². The molecule has 0 aromatic heterocycles. The first-order valence-corrected chi connectivity index (χ1v) is 9.37. The Morgan fingerprint density at radius 3 is 2.34 bits per heavy atom. The van der Waals surface area contributed by atoms with Gasteiger partial charge in [0.1, 0.15) is 18.2 Å². The molecule has 146 valence electrons. The van der Waals surface area contributed by atoms with Crippen molar-refractivity contribution < 1.29 is 19.0 Å². The molecule has 1 amide bonds.